The van der Waals surface area contributed by atoms with Crippen molar-refractivity contribution in [2.24, 2.45) is 4.99 Å². The third-order valence-electron chi connectivity index (χ3n) is 4.64. The van der Waals surface area contributed by atoms with E-state index in [1.807, 2.05) is 44.2 Å². The summed E-state index contributed by atoms with van der Waals surface area (Å²) < 4.78 is 29.1. The molecule has 8 nitrogen and oxygen atoms in total. The molecule has 9 heteroatoms. The minimum atomic E-state index is -1.15. The molecule has 4 rings (SSSR count). The lowest BCUT2D eigenvalue weighted by atomic mass is 10.1. The van der Waals surface area contributed by atoms with Gasteiger partial charge in [0.1, 0.15) is 34.1 Å². The normalized spacial score (nSPS) is 16.5. The topological polar surface area (TPSA) is 106 Å². The van der Waals surface area contributed by atoms with E-state index in [0.29, 0.717) is 34.7 Å². The van der Waals surface area contributed by atoms with Gasteiger partial charge in [-0.3, -0.25) is 4.21 Å². The molecule has 0 fully saturated rings. The number of nitrogens with one attached hydrogen (secondary N) is 1. The van der Waals surface area contributed by atoms with Crippen molar-refractivity contribution in [3.05, 3.63) is 54.4 Å². The van der Waals surface area contributed by atoms with Crippen molar-refractivity contribution in [1.82, 2.24) is 9.97 Å². The quantitative estimate of drug-likeness (QED) is 0.538. The second-order valence-corrected chi connectivity index (χ2v) is 8.93. The average molecular weight is 456 g/mol. The summed E-state index contributed by atoms with van der Waals surface area (Å²) in [5.74, 6) is 2.26. The van der Waals surface area contributed by atoms with Gasteiger partial charge < -0.3 is 24.3 Å². The highest BCUT2D eigenvalue weighted by atomic mass is 32.2. The number of hydrogen-bond acceptors (Lipinski definition) is 7. The van der Waals surface area contributed by atoms with E-state index in [4.69, 9.17) is 14.2 Å². The SMILES string of the molecule is CC(C)Oc1cc(Oc2ccc(S(C)=O)nc2)cc(-c2ccc(C3=NCC(CO)O3)[nH]2)c1. The predicted octanol–water partition coefficient (Wildman–Crippen LogP) is 3.53. The van der Waals surface area contributed by atoms with Crippen LogP contribution in [0.25, 0.3) is 11.3 Å². The highest BCUT2D eigenvalue weighted by molar-refractivity contribution is 7.84. The summed E-state index contributed by atoms with van der Waals surface area (Å²) in [6.07, 6.45) is 2.82. The number of aromatic amines is 1. The fourth-order valence-corrected chi connectivity index (χ4v) is 3.67. The molecule has 3 heterocycles. The van der Waals surface area contributed by atoms with Crippen LogP contribution in [-0.2, 0) is 15.5 Å². The van der Waals surface area contributed by atoms with Gasteiger partial charge in [0.15, 0.2) is 0 Å². The van der Waals surface area contributed by atoms with Crippen LogP contribution in [0.15, 0.2) is 58.7 Å². The van der Waals surface area contributed by atoms with Crippen molar-refractivity contribution in [1.29, 1.82) is 0 Å². The number of H-pyrrole nitrogens is 1. The van der Waals surface area contributed by atoms with E-state index >= 15 is 0 Å². The van der Waals surface area contributed by atoms with Crippen LogP contribution in [0.4, 0.5) is 0 Å². The summed E-state index contributed by atoms with van der Waals surface area (Å²) >= 11 is 0. The van der Waals surface area contributed by atoms with Gasteiger partial charge in [-0.15, -0.1) is 0 Å². The molecular weight excluding hydrogens is 430 g/mol. The van der Waals surface area contributed by atoms with E-state index in [1.165, 1.54) is 0 Å². The number of hydrogen-bond donors (Lipinski definition) is 2. The van der Waals surface area contributed by atoms with Crippen molar-refractivity contribution in [2.45, 2.75) is 31.1 Å². The number of benzene rings is 1. The number of aliphatic hydroxyl groups is 1. The van der Waals surface area contributed by atoms with Gasteiger partial charge in [0, 0.05) is 23.6 Å². The minimum absolute atomic E-state index is 0.00514. The van der Waals surface area contributed by atoms with Crippen molar-refractivity contribution in [2.75, 3.05) is 19.4 Å². The van der Waals surface area contributed by atoms with Crippen molar-refractivity contribution < 1.29 is 23.5 Å². The van der Waals surface area contributed by atoms with E-state index < -0.39 is 10.8 Å². The first-order chi connectivity index (χ1) is 15.4. The van der Waals surface area contributed by atoms with Crippen LogP contribution in [0.1, 0.15) is 19.5 Å². The maximum Gasteiger partial charge on any atom is 0.233 e. The van der Waals surface area contributed by atoms with Crippen LogP contribution in [0.5, 0.6) is 17.2 Å². The lowest BCUT2D eigenvalue weighted by Gasteiger charge is -2.14. The second-order valence-electron chi connectivity index (χ2n) is 7.60. The number of rotatable bonds is 8. The molecule has 0 amide bonds. The van der Waals surface area contributed by atoms with Gasteiger partial charge >= 0.3 is 0 Å². The predicted molar refractivity (Wildman–Crippen MR) is 122 cm³/mol. The summed E-state index contributed by atoms with van der Waals surface area (Å²) in [4.78, 5) is 11.8. The number of aliphatic imine (C=N–C) groups is 1. The second kappa shape index (κ2) is 9.54. The van der Waals surface area contributed by atoms with Gasteiger partial charge in [-0.1, -0.05) is 0 Å². The smallest absolute Gasteiger partial charge is 0.233 e. The molecule has 2 N–H and O–H groups in total. The molecule has 0 spiro atoms. The summed E-state index contributed by atoms with van der Waals surface area (Å²) in [5.41, 5.74) is 2.44. The Morgan fingerprint density at radius 2 is 1.94 bits per heavy atom. The number of pyridine rings is 1. The third-order valence-corrected chi connectivity index (χ3v) is 5.47. The van der Waals surface area contributed by atoms with Crippen LogP contribution in [0, 0.1) is 0 Å². The Kier molecular flexibility index (Phi) is 6.57. The Bertz CT molecular complexity index is 1140. The molecule has 1 aromatic carbocycles. The molecular formula is C23H25N3O5S. The zero-order chi connectivity index (χ0) is 22.7. The molecule has 0 aliphatic carbocycles. The van der Waals surface area contributed by atoms with E-state index in [-0.39, 0.29) is 18.8 Å². The van der Waals surface area contributed by atoms with E-state index in [0.717, 1.165) is 17.0 Å². The molecule has 168 valence electrons. The van der Waals surface area contributed by atoms with E-state index in [1.54, 1.807) is 24.6 Å². The molecule has 1 aliphatic rings. The van der Waals surface area contributed by atoms with E-state index in [9.17, 15) is 9.32 Å². The van der Waals surface area contributed by atoms with Gasteiger partial charge in [0.05, 0.1) is 36.3 Å². The molecule has 1 aliphatic heterocycles. The Morgan fingerprint density at radius 1 is 1.16 bits per heavy atom. The molecule has 32 heavy (non-hydrogen) atoms. The fraction of sp³-hybridized carbons (Fsp3) is 0.304. The summed E-state index contributed by atoms with van der Waals surface area (Å²) in [7, 11) is -1.15. The van der Waals surface area contributed by atoms with Crippen LogP contribution in [0.3, 0.4) is 0 Å². The molecule has 0 saturated heterocycles. The summed E-state index contributed by atoms with van der Waals surface area (Å²) in [6, 6.07) is 12.9. The molecule has 2 atom stereocenters. The van der Waals surface area contributed by atoms with Gasteiger partial charge in [-0.25, -0.2) is 9.98 Å². The highest BCUT2D eigenvalue weighted by Gasteiger charge is 2.21. The number of ether oxygens (including phenoxy) is 3. The zero-order valence-corrected chi connectivity index (χ0v) is 18.9. The number of nitrogens with zero attached hydrogens (tertiary/aromatic N) is 2. The molecule has 2 aromatic heterocycles. The van der Waals surface area contributed by atoms with Crippen LogP contribution < -0.4 is 9.47 Å². The van der Waals surface area contributed by atoms with Crippen molar-refractivity contribution in [3.8, 4) is 28.5 Å². The van der Waals surface area contributed by atoms with Gasteiger partial charge in [-0.2, -0.15) is 0 Å². The summed E-state index contributed by atoms with van der Waals surface area (Å²) in [5, 5.41) is 9.75. The first-order valence-corrected chi connectivity index (χ1v) is 11.8. The summed E-state index contributed by atoms with van der Waals surface area (Å²) in [6.45, 7) is 4.29. The Labute approximate surface area is 188 Å². The van der Waals surface area contributed by atoms with Crippen LogP contribution >= 0.6 is 0 Å². The van der Waals surface area contributed by atoms with Gasteiger partial charge in [0.2, 0.25) is 5.90 Å². The monoisotopic (exact) mass is 455 g/mol. The molecule has 0 bridgehead atoms. The first-order valence-electron chi connectivity index (χ1n) is 10.2. The zero-order valence-electron chi connectivity index (χ0n) is 18.1. The maximum absolute atomic E-state index is 11.6. The largest absolute Gasteiger partial charge is 0.491 e. The molecule has 3 aromatic rings. The van der Waals surface area contributed by atoms with Crippen molar-refractivity contribution >= 4 is 16.7 Å². The minimum Gasteiger partial charge on any atom is -0.491 e. The Morgan fingerprint density at radius 3 is 2.59 bits per heavy atom. The van der Waals surface area contributed by atoms with Gasteiger partial charge in [0.25, 0.3) is 0 Å². The van der Waals surface area contributed by atoms with Gasteiger partial charge in [-0.05, 0) is 50.2 Å². The maximum atomic E-state index is 11.6. The fourth-order valence-electron chi connectivity index (χ4n) is 3.21. The Hall–Kier alpha value is -3.17. The van der Waals surface area contributed by atoms with Crippen LogP contribution in [0.2, 0.25) is 0 Å². The lowest BCUT2D eigenvalue weighted by molar-refractivity contribution is 0.130. The number of aliphatic hydroxyl groups excluding tert-OH is 1. The number of aromatic nitrogens is 2. The first kappa shape index (κ1) is 22.0. The standard InChI is InChI=1S/C23H25N3O5S/c1-14(2)29-17-8-15(20-5-6-21(26-20)23-25-12-19(13-27)31-23)9-18(10-17)30-16-4-7-22(24-11-16)32(3)28/h4-11,14,19,26-27H,12-13H2,1-3H3. The van der Waals surface area contributed by atoms with Crippen LogP contribution in [-0.4, -0.2) is 56.8 Å². The molecule has 0 radical (unpaired) electrons. The highest BCUT2D eigenvalue weighted by Crippen LogP contribution is 2.33. The molecule has 0 saturated carbocycles. The molecule has 2 unspecified atom stereocenters. The third kappa shape index (κ3) is 5.17. The van der Waals surface area contributed by atoms with Crippen molar-refractivity contribution in [3.63, 3.8) is 0 Å². The van der Waals surface area contributed by atoms with E-state index in [2.05, 4.69) is 15.0 Å². The lowest BCUT2D eigenvalue weighted by Crippen LogP contribution is -2.17. The Balaban J connectivity index is 1.61. The average Bonchev–Trinajstić information content (AvgIpc) is 3.43.